The van der Waals surface area contributed by atoms with Crippen molar-refractivity contribution in [2.75, 3.05) is 7.11 Å². The van der Waals surface area contributed by atoms with Crippen LogP contribution in [0.1, 0.15) is 17.2 Å². The summed E-state index contributed by atoms with van der Waals surface area (Å²) in [7, 11) is 1.27. The van der Waals surface area contributed by atoms with Gasteiger partial charge in [0.1, 0.15) is 6.04 Å². The van der Waals surface area contributed by atoms with Crippen LogP contribution in [0.2, 0.25) is 0 Å². The highest BCUT2D eigenvalue weighted by Gasteiger charge is 2.21. The lowest BCUT2D eigenvalue weighted by atomic mass is 10.0. The smallest absolute Gasteiger partial charge is 0.325 e. The fourth-order valence-corrected chi connectivity index (χ4v) is 1.34. The Morgan fingerprint density at radius 3 is 2.67 bits per heavy atom. The number of aliphatic carboxylic acids is 1. The average molecular weight is 213 g/mol. The lowest BCUT2D eigenvalue weighted by Crippen LogP contribution is -2.21. The van der Waals surface area contributed by atoms with Gasteiger partial charge < -0.3 is 15.6 Å². The van der Waals surface area contributed by atoms with E-state index in [0.29, 0.717) is 5.56 Å². The second kappa shape index (κ2) is 4.27. The molecular weight excluding hydrogens is 201 g/mol. The molecule has 5 heteroatoms. The van der Waals surface area contributed by atoms with Gasteiger partial charge in [0.15, 0.2) is 11.6 Å². The normalized spacial score (nSPS) is 12.3. The summed E-state index contributed by atoms with van der Waals surface area (Å²) in [6.45, 7) is 1.65. The molecule has 0 aliphatic carbocycles. The van der Waals surface area contributed by atoms with Crippen molar-refractivity contribution >= 4 is 5.97 Å². The molecule has 82 valence electrons. The highest BCUT2D eigenvalue weighted by atomic mass is 19.1. The number of rotatable bonds is 3. The third-order valence-corrected chi connectivity index (χ3v) is 2.02. The summed E-state index contributed by atoms with van der Waals surface area (Å²) in [6.07, 6.45) is 0. The van der Waals surface area contributed by atoms with Crippen LogP contribution in [0.4, 0.5) is 4.39 Å². The number of hydrogen-bond acceptors (Lipinski definition) is 3. The van der Waals surface area contributed by atoms with Crippen LogP contribution in [0.25, 0.3) is 0 Å². The van der Waals surface area contributed by atoms with Gasteiger partial charge in [0.25, 0.3) is 0 Å². The van der Waals surface area contributed by atoms with E-state index in [1.807, 2.05) is 0 Å². The monoisotopic (exact) mass is 213 g/mol. The van der Waals surface area contributed by atoms with E-state index in [-0.39, 0.29) is 11.3 Å². The first-order chi connectivity index (χ1) is 6.97. The van der Waals surface area contributed by atoms with E-state index in [4.69, 9.17) is 15.6 Å². The molecule has 0 radical (unpaired) electrons. The van der Waals surface area contributed by atoms with Crippen LogP contribution in [0, 0.1) is 12.7 Å². The second-order valence-electron chi connectivity index (χ2n) is 3.19. The Morgan fingerprint density at radius 2 is 2.20 bits per heavy atom. The van der Waals surface area contributed by atoms with Crippen molar-refractivity contribution in [3.63, 3.8) is 0 Å². The zero-order valence-corrected chi connectivity index (χ0v) is 8.45. The number of carboxylic acid groups (broad SMARTS) is 1. The Morgan fingerprint density at radius 1 is 1.60 bits per heavy atom. The van der Waals surface area contributed by atoms with Gasteiger partial charge in [-0.3, -0.25) is 4.79 Å². The van der Waals surface area contributed by atoms with E-state index < -0.39 is 17.8 Å². The lowest BCUT2D eigenvalue weighted by molar-refractivity contribution is -0.138. The minimum atomic E-state index is -1.28. The fourth-order valence-electron chi connectivity index (χ4n) is 1.34. The number of halogens is 1. The Kier molecular flexibility index (Phi) is 3.26. The predicted octanol–water partition coefficient (Wildman–Crippen LogP) is 1.23. The van der Waals surface area contributed by atoms with Crippen LogP contribution >= 0.6 is 0 Å². The Balaban J connectivity index is 3.32. The van der Waals surface area contributed by atoms with Crippen molar-refractivity contribution in [1.82, 2.24) is 0 Å². The van der Waals surface area contributed by atoms with Gasteiger partial charge in [0.05, 0.1) is 7.11 Å². The van der Waals surface area contributed by atoms with E-state index >= 15 is 0 Å². The van der Waals surface area contributed by atoms with E-state index in [1.54, 1.807) is 6.92 Å². The highest BCUT2D eigenvalue weighted by molar-refractivity contribution is 5.76. The van der Waals surface area contributed by atoms with E-state index in [1.165, 1.54) is 19.2 Å². The lowest BCUT2D eigenvalue weighted by Gasteiger charge is -2.13. The van der Waals surface area contributed by atoms with Crippen molar-refractivity contribution in [3.8, 4) is 5.75 Å². The van der Waals surface area contributed by atoms with Gasteiger partial charge >= 0.3 is 5.97 Å². The minimum absolute atomic E-state index is 0.115. The van der Waals surface area contributed by atoms with Crippen LogP contribution < -0.4 is 10.5 Å². The number of aryl methyl sites for hydroxylation is 1. The third-order valence-electron chi connectivity index (χ3n) is 2.02. The molecule has 0 aliphatic rings. The van der Waals surface area contributed by atoms with Crippen LogP contribution in [-0.4, -0.2) is 18.2 Å². The summed E-state index contributed by atoms with van der Waals surface area (Å²) in [5, 5.41) is 8.73. The van der Waals surface area contributed by atoms with Gasteiger partial charge in [-0.1, -0.05) is 0 Å². The Hall–Kier alpha value is -1.62. The number of methoxy groups -OCH3 is 1. The van der Waals surface area contributed by atoms with E-state index in [9.17, 15) is 9.18 Å². The quantitative estimate of drug-likeness (QED) is 0.792. The number of benzene rings is 1. The summed E-state index contributed by atoms with van der Waals surface area (Å²) in [4.78, 5) is 10.7. The van der Waals surface area contributed by atoms with Crippen molar-refractivity contribution in [1.29, 1.82) is 0 Å². The summed E-state index contributed by atoms with van der Waals surface area (Å²) in [5.41, 5.74) is 6.14. The van der Waals surface area contributed by atoms with Crippen molar-refractivity contribution in [3.05, 3.63) is 29.1 Å². The van der Waals surface area contributed by atoms with Gasteiger partial charge in [-0.05, 0) is 24.6 Å². The maximum absolute atomic E-state index is 13.4. The maximum Gasteiger partial charge on any atom is 0.325 e. The van der Waals surface area contributed by atoms with Gasteiger partial charge in [-0.15, -0.1) is 0 Å². The van der Waals surface area contributed by atoms with Crippen LogP contribution in [0.15, 0.2) is 12.1 Å². The number of nitrogens with two attached hydrogens (primary N) is 1. The molecule has 15 heavy (non-hydrogen) atoms. The summed E-state index contributed by atoms with van der Waals surface area (Å²) in [5.74, 6) is -1.95. The average Bonchev–Trinajstić information content (AvgIpc) is 2.15. The van der Waals surface area contributed by atoms with Gasteiger partial charge in [0, 0.05) is 5.56 Å². The topological polar surface area (TPSA) is 72.5 Å². The van der Waals surface area contributed by atoms with Crippen LogP contribution in [-0.2, 0) is 4.79 Å². The number of hydrogen-bond donors (Lipinski definition) is 2. The summed E-state index contributed by atoms with van der Waals surface area (Å²) >= 11 is 0. The van der Waals surface area contributed by atoms with Gasteiger partial charge in [-0.2, -0.15) is 0 Å². The largest absolute Gasteiger partial charge is 0.493 e. The Labute approximate surface area is 86.5 Å². The van der Waals surface area contributed by atoms with Crippen molar-refractivity contribution in [2.45, 2.75) is 13.0 Å². The van der Waals surface area contributed by atoms with Gasteiger partial charge in [-0.25, -0.2) is 4.39 Å². The first kappa shape index (κ1) is 11.5. The zero-order chi connectivity index (χ0) is 11.6. The first-order valence-corrected chi connectivity index (χ1v) is 4.29. The molecule has 0 spiro atoms. The molecule has 1 aromatic carbocycles. The maximum atomic E-state index is 13.4. The Bertz CT molecular complexity index is 392. The number of carboxylic acids is 1. The fraction of sp³-hybridized carbons (Fsp3) is 0.300. The van der Waals surface area contributed by atoms with E-state index in [2.05, 4.69) is 0 Å². The standard InChI is InChI=1S/C10H12FNO3/c1-5-3-6(8(12)10(13)14)9(15-2)7(11)4-5/h3-4,8H,12H2,1-2H3,(H,13,14). The second-order valence-corrected chi connectivity index (χ2v) is 3.19. The molecule has 0 bridgehead atoms. The van der Waals surface area contributed by atoms with E-state index in [0.717, 1.165) is 0 Å². The molecule has 1 atom stereocenters. The zero-order valence-electron chi connectivity index (χ0n) is 8.45. The number of carbonyl (C=O) groups is 1. The van der Waals surface area contributed by atoms with Gasteiger partial charge in [0.2, 0.25) is 0 Å². The molecule has 0 aliphatic heterocycles. The first-order valence-electron chi connectivity index (χ1n) is 4.29. The highest BCUT2D eigenvalue weighted by Crippen LogP contribution is 2.28. The summed E-state index contributed by atoms with van der Waals surface area (Å²) < 4.78 is 18.1. The number of ether oxygens (including phenoxy) is 1. The molecule has 0 aromatic heterocycles. The molecule has 0 fully saturated rings. The molecule has 0 heterocycles. The molecule has 0 saturated carbocycles. The molecule has 0 saturated heterocycles. The predicted molar refractivity (Wildman–Crippen MR) is 52.3 cm³/mol. The molecule has 4 nitrogen and oxygen atoms in total. The molecule has 0 amide bonds. The SMILES string of the molecule is COc1c(F)cc(C)cc1C(N)C(=O)O. The molecule has 3 N–H and O–H groups in total. The summed E-state index contributed by atoms with van der Waals surface area (Å²) in [6, 6.07) is 1.48. The third kappa shape index (κ3) is 2.24. The minimum Gasteiger partial charge on any atom is -0.493 e. The molecule has 1 aromatic rings. The van der Waals surface area contributed by atoms with Crippen LogP contribution in [0.5, 0.6) is 5.75 Å². The van der Waals surface area contributed by atoms with Crippen molar-refractivity contribution in [2.24, 2.45) is 5.73 Å². The van der Waals surface area contributed by atoms with Crippen LogP contribution in [0.3, 0.4) is 0 Å². The molecular formula is C10H12FNO3. The molecule has 1 unspecified atom stereocenters. The van der Waals surface area contributed by atoms with Crippen molar-refractivity contribution < 1.29 is 19.0 Å². The molecule has 1 rings (SSSR count).